The third-order valence-electron chi connectivity index (χ3n) is 5.33. The second kappa shape index (κ2) is 10.5. The van der Waals surface area contributed by atoms with E-state index in [2.05, 4.69) is 10.1 Å². The van der Waals surface area contributed by atoms with E-state index in [1.807, 2.05) is 30.3 Å². The molecule has 2 heterocycles. The van der Waals surface area contributed by atoms with Crippen LogP contribution in [0, 0.1) is 5.41 Å². The fraction of sp³-hybridized carbons (Fsp3) is 0.0769. The van der Waals surface area contributed by atoms with E-state index in [1.165, 1.54) is 42.5 Å². The number of carbonyl (C=O) groups excluding carboxylic acids is 1. The van der Waals surface area contributed by atoms with Gasteiger partial charge in [0.2, 0.25) is 5.17 Å². The standard InChI is InChI=1S/C26H20N4O6S2/c1-34-22-15-17(12-13-21(22)36-38(32,33)19-10-6-3-7-11-19)14-20-24(27)30-26(28-25(20)31)37-23(29-30)16-35-18-8-4-2-5-9-18/h2-15,27H,16H2,1H3/b20-14-,27-24?. The third-order valence-corrected chi connectivity index (χ3v) is 7.46. The molecule has 1 N–H and O–H groups in total. The third kappa shape index (κ3) is 5.31. The van der Waals surface area contributed by atoms with Crippen molar-refractivity contribution in [2.24, 2.45) is 10.1 Å². The van der Waals surface area contributed by atoms with Crippen molar-refractivity contribution in [3.05, 3.63) is 90.0 Å². The molecule has 12 heteroatoms. The highest BCUT2D eigenvalue weighted by Crippen LogP contribution is 2.33. The summed E-state index contributed by atoms with van der Waals surface area (Å²) in [7, 11) is -2.71. The van der Waals surface area contributed by atoms with Crippen molar-refractivity contribution >= 4 is 49.9 Å². The summed E-state index contributed by atoms with van der Waals surface area (Å²) in [5, 5.41) is 15.0. The maximum Gasteiger partial charge on any atom is 0.339 e. The van der Waals surface area contributed by atoms with Crippen LogP contribution in [0.15, 0.2) is 99.4 Å². The Labute approximate surface area is 222 Å². The van der Waals surface area contributed by atoms with E-state index in [1.54, 1.807) is 24.3 Å². The van der Waals surface area contributed by atoms with Gasteiger partial charge in [-0.25, -0.2) is 0 Å². The number of fused-ring (bicyclic) bond motifs is 1. The number of hydrazone groups is 1. The highest BCUT2D eigenvalue weighted by atomic mass is 32.2. The Morgan fingerprint density at radius 2 is 1.71 bits per heavy atom. The molecular formula is C26H20N4O6S2. The Morgan fingerprint density at radius 3 is 2.42 bits per heavy atom. The number of hydrogen-bond donors (Lipinski definition) is 1. The predicted molar refractivity (Wildman–Crippen MR) is 144 cm³/mol. The molecule has 0 aliphatic carbocycles. The maximum atomic E-state index is 12.7. The summed E-state index contributed by atoms with van der Waals surface area (Å²) in [6.07, 6.45) is 1.46. The van der Waals surface area contributed by atoms with Gasteiger partial charge in [0.25, 0.3) is 5.91 Å². The summed E-state index contributed by atoms with van der Waals surface area (Å²) in [6, 6.07) is 21.4. The zero-order valence-electron chi connectivity index (χ0n) is 19.9. The molecule has 0 atom stereocenters. The molecule has 0 bridgehead atoms. The molecule has 2 aliphatic heterocycles. The summed E-state index contributed by atoms with van der Waals surface area (Å²) in [5.74, 6) is 0.0426. The van der Waals surface area contributed by atoms with Gasteiger partial charge in [-0.3, -0.25) is 10.2 Å². The minimum atomic E-state index is -4.08. The number of para-hydroxylation sites is 1. The number of amides is 1. The number of nitrogens with zero attached hydrogens (tertiary/aromatic N) is 3. The minimum absolute atomic E-state index is 0.000684. The molecular weight excluding hydrogens is 528 g/mol. The largest absolute Gasteiger partial charge is 0.493 e. The van der Waals surface area contributed by atoms with E-state index in [0.717, 1.165) is 11.8 Å². The van der Waals surface area contributed by atoms with E-state index >= 15 is 0 Å². The van der Waals surface area contributed by atoms with Crippen molar-refractivity contribution in [3.8, 4) is 17.2 Å². The van der Waals surface area contributed by atoms with Crippen LogP contribution in [-0.4, -0.2) is 49.1 Å². The molecule has 2 aliphatic rings. The molecule has 0 aromatic heterocycles. The average Bonchev–Trinajstić information content (AvgIpc) is 3.34. The first-order valence-electron chi connectivity index (χ1n) is 11.2. The van der Waals surface area contributed by atoms with E-state index in [4.69, 9.17) is 19.1 Å². The Hall–Kier alpha value is -4.42. The Bertz CT molecular complexity index is 1600. The molecule has 0 saturated heterocycles. The van der Waals surface area contributed by atoms with Crippen LogP contribution >= 0.6 is 11.8 Å². The normalized spacial score (nSPS) is 16.1. The second-order valence-corrected chi connectivity index (χ2v) is 10.5. The lowest BCUT2D eigenvalue weighted by Crippen LogP contribution is -2.35. The summed E-state index contributed by atoms with van der Waals surface area (Å²) < 4.78 is 41.5. The molecule has 3 aromatic rings. The Morgan fingerprint density at radius 1 is 1.00 bits per heavy atom. The number of thioether (sulfide) groups is 1. The molecule has 192 valence electrons. The zero-order chi connectivity index (χ0) is 26.7. The van der Waals surface area contributed by atoms with Crippen LogP contribution in [0.5, 0.6) is 17.2 Å². The van der Waals surface area contributed by atoms with Crippen LogP contribution in [0.3, 0.4) is 0 Å². The van der Waals surface area contributed by atoms with Gasteiger partial charge in [0.15, 0.2) is 17.3 Å². The van der Waals surface area contributed by atoms with Gasteiger partial charge < -0.3 is 13.7 Å². The lowest BCUT2D eigenvalue weighted by atomic mass is 10.1. The number of rotatable bonds is 8. The molecule has 38 heavy (non-hydrogen) atoms. The summed E-state index contributed by atoms with van der Waals surface area (Å²) in [5.41, 5.74) is 0.484. The van der Waals surface area contributed by atoms with Crippen molar-refractivity contribution in [1.29, 1.82) is 5.41 Å². The number of benzene rings is 3. The van der Waals surface area contributed by atoms with Crippen molar-refractivity contribution in [2.75, 3.05) is 13.7 Å². The van der Waals surface area contributed by atoms with Crippen LogP contribution in [0.1, 0.15) is 5.56 Å². The number of carbonyl (C=O) groups is 1. The van der Waals surface area contributed by atoms with Gasteiger partial charge >= 0.3 is 10.1 Å². The van der Waals surface area contributed by atoms with Gasteiger partial charge in [-0.1, -0.05) is 42.5 Å². The molecule has 5 rings (SSSR count). The van der Waals surface area contributed by atoms with Crippen LogP contribution in [0.2, 0.25) is 0 Å². The second-order valence-electron chi connectivity index (χ2n) is 7.88. The highest BCUT2D eigenvalue weighted by Gasteiger charge is 2.35. The van der Waals surface area contributed by atoms with Crippen molar-refractivity contribution in [2.45, 2.75) is 4.90 Å². The number of ether oxygens (including phenoxy) is 2. The van der Waals surface area contributed by atoms with Gasteiger partial charge in [0, 0.05) is 0 Å². The smallest absolute Gasteiger partial charge is 0.339 e. The van der Waals surface area contributed by atoms with Crippen LogP contribution in [0.4, 0.5) is 0 Å². The minimum Gasteiger partial charge on any atom is -0.493 e. The number of nitrogens with one attached hydrogen (secondary N) is 1. The van der Waals surface area contributed by atoms with Gasteiger partial charge in [0.05, 0.1) is 12.7 Å². The Balaban J connectivity index is 1.35. The fourth-order valence-electron chi connectivity index (χ4n) is 3.51. The van der Waals surface area contributed by atoms with Crippen molar-refractivity contribution in [3.63, 3.8) is 0 Å². The van der Waals surface area contributed by atoms with Gasteiger partial charge in [0.1, 0.15) is 22.3 Å². The maximum absolute atomic E-state index is 12.7. The first-order valence-corrected chi connectivity index (χ1v) is 13.4. The van der Waals surface area contributed by atoms with Crippen LogP contribution in [0.25, 0.3) is 6.08 Å². The van der Waals surface area contributed by atoms with Gasteiger partial charge in [-0.15, -0.1) is 0 Å². The monoisotopic (exact) mass is 548 g/mol. The average molecular weight is 549 g/mol. The molecule has 0 unspecified atom stereocenters. The molecule has 0 spiro atoms. The number of aliphatic imine (C=N–C) groups is 1. The SMILES string of the molecule is COc1cc(/C=C2/C(=N)N3N=C(COc4ccccc4)SC3=NC2=O)ccc1OS(=O)(=O)c1ccccc1. The summed E-state index contributed by atoms with van der Waals surface area (Å²) in [4.78, 5) is 16.8. The summed E-state index contributed by atoms with van der Waals surface area (Å²) in [6.45, 7) is 0.162. The predicted octanol–water partition coefficient (Wildman–Crippen LogP) is 4.16. The Kier molecular flexibility index (Phi) is 6.99. The van der Waals surface area contributed by atoms with E-state index in [-0.39, 0.29) is 39.6 Å². The van der Waals surface area contributed by atoms with E-state index < -0.39 is 16.0 Å². The lowest BCUT2D eigenvalue weighted by Gasteiger charge is -2.20. The number of amidine groups is 2. The lowest BCUT2D eigenvalue weighted by molar-refractivity contribution is -0.114. The summed E-state index contributed by atoms with van der Waals surface area (Å²) >= 11 is 1.16. The molecule has 3 aromatic carbocycles. The van der Waals surface area contributed by atoms with Gasteiger partial charge in [-0.05, 0) is 59.8 Å². The molecule has 10 nitrogen and oxygen atoms in total. The first-order chi connectivity index (χ1) is 18.3. The van der Waals surface area contributed by atoms with Crippen LogP contribution < -0.4 is 13.7 Å². The molecule has 0 fully saturated rings. The van der Waals surface area contributed by atoms with E-state index in [9.17, 15) is 13.2 Å². The molecule has 1 amide bonds. The van der Waals surface area contributed by atoms with Crippen molar-refractivity contribution in [1.82, 2.24) is 5.01 Å². The quantitative estimate of drug-likeness (QED) is 0.328. The highest BCUT2D eigenvalue weighted by molar-refractivity contribution is 8.27. The molecule has 0 radical (unpaired) electrons. The topological polar surface area (TPSA) is 131 Å². The van der Waals surface area contributed by atoms with Crippen molar-refractivity contribution < 1.29 is 26.9 Å². The van der Waals surface area contributed by atoms with Crippen LogP contribution in [-0.2, 0) is 14.9 Å². The van der Waals surface area contributed by atoms with E-state index in [0.29, 0.717) is 16.4 Å². The number of hydrogen-bond acceptors (Lipinski definition) is 9. The number of methoxy groups -OCH3 is 1. The fourth-order valence-corrected chi connectivity index (χ4v) is 5.27. The van der Waals surface area contributed by atoms with Gasteiger partial charge in [-0.2, -0.15) is 23.5 Å². The molecule has 0 saturated carbocycles. The first kappa shape index (κ1) is 25.2. The zero-order valence-corrected chi connectivity index (χ0v) is 21.5.